The topological polar surface area (TPSA) is 160 Å². The van der Waals surface area contributed by atoms with E-state index in [9.17, 15) is 18.4 Å². The molecule has 0 saturated carbocycles. The van der Waals surface area contributed by atoms with Gasteiger partial charge in [0, 0.05) is 34.6 Å². The number of hydrogen-bond acceptors (Lipinski definition) is 12. The third-order valence-corrected chi connectivity index (χ3v) is 11.0. The number of amidine groups is 1. The maximum Gasteiger partial charge on any atom is 0.206 e. The first kappa shape index (κ1) is 57.5. The Hall–Kier alpha value is -4.55. The molecule has 19 heteroatoms. The van der Waals surface area contributed by atoms with Crippen molar-refractivity contribution >= 4 is 105 Å². The van der Waals surface area contributed by atoms with Crippen molar-refractivity contribution in [3.8, 4) is 11.5 Å². The van der Waals surface area contributed by atoms with Crippen molar-refractivity contribution in [2.24, 2.45) is 10.7 Å². The van der Waals surface area contributed by atoms with Gasteiger partial charge in [-0.2, -0.15) is 14.9 Å². The standard InChI is InChI=1S/C21H23FN4O2S.C15H24N4OS2.C8H6BrFO.CH4.H3P/c1-13(26(2)3)12-28-17-9-7-16(8-10-17)24-21-25-20(23)19(29-21)18(27)14-5-4-6-15(22)11-14;1-5-22-14(16)18-15(21)17-12-6-8-13(9-7-12)20-10-11(2)19(3)4;9-5-8(11)6-2-1-3-7(10)4-6;;/h4-11,13H,12,23H2,1-3H3,(H,24,25);6-9,11H,5,10H2,1-4H3,(H3,16,17,18,21);1-4H,5H2;1H4;1H3/t13-;11-;;;/m11.../s1. The van der Waals surface area contributed by atoms with Crippen molar-refractivity contribution < 1.29 is 27.8 Å². The smallest absolute Gasteiger partial charge is 0.206 e. The van der Waals surface area contributed by atoms with Crippen LogP contribution in [0.15, 0.2) is 102 Å². The number of thiocarbonyl (C=S) groups is 1. The summed E-state index contributed by atoms with van der Waals surface area (Å²) in [6.45, 7) is 7.46. The number of nitrogens with one attached hydrogen (secondary N) is 2. The number of ether oxygens (including phenoxy) is 2. The highest BCUT2D eigenvalue weighted by Gasteiger charge is 2.19. The number of nitrogen functional groups attached to an aromatic ring is 1. The van der Waals surface area contributed by atoms with Crippen molar-refractivity contribution in [1.29, 1.82) is 0 Å². The van der Waals surface area contributed by atoms with Crippen LogP contribution in [0.4, 0.5) is 31.1 Å². The molecule has 0 aliphatic rings. The van der Waals surface area contributed by atoms with Crippen LogP contribution in [-0.2, 0) is 0 Å². The van der Waals surface area contributed by atoms with Gasteiger partial charge >= 0.3 is 0 Å². The average Bonchev–Trinajstić information content (AvgIpc) is 3.61. The van der Waals surface area contributed by atoms with Crippen molar-refractivity contribution in [2.45, 2.75) is 40.3 Å². The maximum absolute atomic E-state index is 13.4. The van der Waals surface area contributed by atoms with E-state index in [2.05, 4.69) is 60.2 Å². The van der Waals surface area contributed by atoms with Crippen LogP contribution in [-0.4, -0.2) is 101 Å². The summed E-state index contributed by atoms with van der Waals surface area (Å²) in [7, 11) is 8.08. The highest BCUT2D eigenvalue weighted by Crippen LogP contribution is 2.30. The van der Waals surface area contributed by atoms with Crippen LogP contribution in [0.25, 0.3) is 0 Å². The second-order valence-electron chi connectivity index (χ2n) is 13.9. The van der Waals surface area contributed by atoms with E-state index < -0.39 is 5.82 Å². The van der Waals surface area contributed by atoms with E-state index in [0.29, 0.717) is 46.3 Å². The number of aliphatic imine (C=N–C) groups is 1. The number of thioether (sulfide) groups is 1. The molecular weight excluding hydrogens is 962 g/mol. The predicted octanol–water partition coefficient (Wildman–Crippen LogP) is 10.0. The average molecular weight is 1020 g/mol. The molecule has 6 N–H and O–H groups in total. The SMILES string of the molecule is C.CCSC(N)=NC(=S)Nc1ccc(OC[C@@H](C)N(C)C)cc1.C[C@H](COc1ccc(Nc2nc(N)c(C(=O)c3cccc(F)c3)s2)cc1)N(C)C.O=C(CBr)c1cccc(F)c1.P. The monoisotopic (exact) mass is 1020 g/mol. The van der Waals surface area contributed by atoms with Gasteiger partial charge in [-0.25, -0.2) is 13.8 Å². The van der Waals surface area contributed by atoms with Crippen LogP contribution in [0.2, 0.25) is 0 Å². The van der Waals surface area contributed by atoms with Crippen LogP contribution < -0.4 is 31.6 Å². The van der Waals surface area contributed by atoms with Crippen LogP contribution in [0.3, 0.4) is 0 Å². The largest absolute Gasteiger partial charge is 0.492 e. The van der Waals surface area contributed by atoms with Crippen LogP contribution in [0.5, 0.6) is 11.5 Å². The van der Waals surface area contributed by atoms with Gasteiger partial charge in [0.2, 0.25) is 5.78 Å². The molecule has 1 unspecified atom stereocenters. The van der Waals surface area contributed by atoms with Crippen molar-refractivity contribution in [1.82, 2.24) is 14.8 Å². The first-order chi connectivity index (χ1) is 29.5. The number of hydrogen-bond donors (Lipinski definition) is 4. The van der Waals surface area contributed by atoms with Crippen molar-refractivity contribution in [3.05, 3.63) is 125 Å². The molecular formula is C45H60BrF2N8O4PS3. The summed E-state index contributed by atoms with van der Waals surface area (Å²) in [5.74, 6) is 1.27. The molecule has 12 nitrogen and oxygen atoms in total. The first-order valence-corrected chi connectivity index (χ1v) is 22.6. The molecule has 5 rings (SSSR count). The number of nitrogens with two attached hydrogens (primary N) is 2. The van der Waals surface area contributed by atoms with Crippen molar-refractivity contribution in [2.75, 3.05) is 68.9 Å². The Morgan fingerprint density at radius 1 is 0.859 bits per heavy atom. The molecule has 0 amide bonds. The predicted molar refractivity (Wildman–Crippen MR) is 278 cm³/mol. The molecule has 0 fully saturated rings. The summed E-state index contributed by atoms with van der Waals surface area (Å²) < 4.78 is 37.4. The summed E-state index contributed by atoms with van der Waals surface area (Å²) in [6, 6.07) is 26.9. The lowest BCUT2D eigenvalue weighted by Gasteiger charge is -2.20. The molecule has 64 heavy (non-hydrogen) atoms. The third kappa shape index (κ3) is 20.5. The Bertz CT molecular complexity index is 2240. The number of Topliss-reactive ketones (excluding diaryl/α,β-unsaturated/α-hetero) is 1. The minimum absolute atomic E-state index is 0. The normalized spacial score (nSPS) is 11.6. The summed E-state index contributed by atoms with van der Waals surface area (Å²) in [4.78, 5) is 36.3. The van der Waals surface area contributed by atoms with Crippen molar-refractivity contribution in [3.63, 3.8) is 0 Å². The Balaban J connectivity index is 0.000000517. The number of nitrogens with zero attached hydrogens (tertiary/aromatic N) is 4. The molecule has 1 aromatic heterocycles. The van der Waals surface area contributed by atoms with Gasteiger partial charge in [0.05, 0.1) is 5.33 Å². The number of alkyl halides is 1. The number of aromatic nitrogens is 1. The van der Waals surface area contributed by atoms with E-state index in [1.54, 1.807) is 12.1 Å². The molecule has 0 aliphatic heterocycles. The molecule has 0 bridgehead atoms. The lowest BCUT2D eigenvalue weighted by molar-refractivity contribution is 0.102. The van der Waals surface area contributed by atoms with Crippen LogP contribution >= 0.6 is 61.1 Å². The fourth-order valence-electron chi connectivity index (χ4n) is 4.60. The van der Waals surface area contributed by atoms with E-state index in [-0.39, 0.29) is 56.3 Å². The third-order valence-electron chi connectivity index (χ3n) is 8.67. The second kappa shape index (κ2) is 29.8. The highest BCUT2D eigenvalue weighted by atomic mass is 79.9. The summed E-state index contributed by atoms with van der Waals surface area (Å²) in [6.07, 6.45) is 0. The molecule has 4 aromatic carbocycles. The number of anilines is 4. The van der Waals surface area contributed by atoms with Gasteiger partial charge in [-0.15, -0.1) is 0 Å². The number of ketones is 2. The highest BCUT2D eigenvalue weighted by molar-refractivity contribution is 9.09. The van der Waals surface area contributed by atoms with Gasteiger partial charge in [-0.3, -0.25) is 9.59 Å². The van der Waals surface area contributed by atoms with Gasteiger partial charge in [-0.05, 0) is 133 Å². The molecule has 0 saturated heterocycles. The van der Waals surface area contributed by atoms with E-state index in [4.69, 9.17) is 33.2 Å². The first-order valence-electron chi connectivity index (χ1n) is 19.2. The summed E-state index contributed by atoms with van der Waals surface area (Å²) in [5.41, 5.74) is 13.9. The number of likely N-dealkylation sites (N-methyl/N-ethyl adjacent to an activating group) is 2. The Kier molecular flexibility index (Phi) is 26.8. The number of rotatable bonds is 16. The van der Waals surface area contributed by atoms with Gasteiger partial charge in [0.15, 0.2) is 21.2 Å². The molecule has 348 valence electrons. The Morgan fingerprint density at radius 2 is 1.34 bits per heavy atom. The number of carbonyl (C=O) groups excluding carboxylic acids is 2. The molecule has 0 spiro atoms. The minimum Gasteiger partial charge on any atom is -0.492 e. The Labute approximate surface area is 401 Å². The zero-order valence-electron chi connectivity index (χ0n) is 36.4. The molecule has 1 heterocycles. The number of benzene rings is 4. The number of halogens is 3. The molecule has 3 atom stereocenters. The van der Waals surface area contributed by atoms with E-state index in [1.807, 2.05) is 83.6 Å². The zero-order valence-corrected chi connectivity index (χ0v) is 41.8. The van der Waals surface area contributed by atoms with Crippen LogP contribution in [0.1, 0.15) is 53.8 Å². The molecule has 0 radical (unpaired) electrons. The number of thiazole rings is 1. The lowest BCUT2D eigenvalue weighted by Crippen LogP contribution is -2.30. The molecule has 5 aromatic rings. The Morgan fingerprint density at radius 3 is 1.81 bits per heavy atom. The quantitative estimate of drug-likeness (QED) is 0.0185. The van der Waals surface area contributed by atoms with E-state index >= 15 is 0 Å². The van der Waals surface area contributed by atoms with E-state index in [1.165, 1.54) is 48.2 Å². The fraction of sp³-hybridized carbons (Fsp3) is 0.311. The van der Waals surface area contributed by atoms with Crippen LogP contribution in [0, 0.1) is 11.6 Å². The maximum atomic E-state index is 13.4. The van der Waals surface area contributed by atoms with Gasteiger partial charge in [0.25, 0.3) is 0 Å². The van der Waals surface area contributed by atoms with E-state index in [0.717, 1.165) is 40.0 Å². The lowest BCUT2D eigenvalue weighted by atomic mass is 10.1. The van der Waals surface area contributed by atoms with Gasteiger partial charge in [0.1, 0.15) is 47.0 Å². The minimum atomic E-state index is -0.473. The summed E-state index contributed by atoms with van der Waals surface area (Å²) >= 11 is 10.7. The van der Waals surface area contributed by atoms with Gasteiger partial charge in [-0.1, -0.05) is 77.6 Å². The zero-order chi connectivity index (χ0) is 45.8. The van der Waals surface area contributed by atoms with Gasteiger partial charge < -0.3 is 41.4 Å². The number of carbonyl (C=O) groups is 2. The molecule has 0 aliphatic carbocycles. The summed E-state index contributed by atoms with van der Waals surface area (Å²) in [5, 5.41) is 7.70. The fourth-order valence-corrected chi connectivity index (χ4v) is 6.52. The second-order valence-corrected chi connectivity index (χ2v) is 17.1.